The lowest BCUT2D eigenvalue weighted by molar-refractivity contribution is -0.162. The van der Waals surface area contributed by atoms with E-state index < -0.39 is 23.6 Å². The van der Waals surface area contributed by atoms with Gasteiger partial charge in [0.25, 0.3) is 5.78 Å². The van der Waals surface area contributed by atoms with E-state index in [0.29, 0.717) is 12.8 Å². The number of carbonyl (C=O) groups is 3. The molecule has 92 valence electrons. The van der Waals surface area contributed by atoms with E-state index >= 15 is 0 Å². The second kappa shape index (κ2) is 7.84. The van der Waals surface area contributed by atoms with E-state index in [1.165, 1.54) is 0 Å². The summed E-state index contributed by atoms with van der Waals surface area (Å²) in [6.45, 7) is 5.38. The lowest BCUT2D eigenvalue weighted by Gasteiger charge is -2.12. The highest BCUT2D eigenvalue weighted by molar-refractivity contribution is 6.37. The van der Waals surface area contributed by atoms with E-state index in [9.17, 15) is 14.4 Å². The second-order valence-corrected chi connectivity index (χ2v) is 3.18. The minimum absolute atomic E-state index is 0.117. The maximum Gasteiger partial charge on any atom is 0.375 e. The lowest BCUT2D eigenvalue weighted by Crippen LogP contribution is -2.32. The molecule has 0 aliphatic heterocycles. The maximum atomic E-state index is 11.6. The molecule has 0 saturated carbocycles. The van der Waals surface area contributed by atoms with Crippen molar-refractivity contribution < 1.29 is 23.9 Å². The molecule has 1 atom stereocenters. The molecular weight excluding hydrogens is 212 g/mol. The largest absolute Gasteiger partial charge is 0.465 e. The minimum Gasteiger partial charge on any atom is -0.465 e. The molecule has 0 spiro atoms. The third-order valence-electron chi connectivity index (χ3n) is 1.94. The number of hydrogen-bond donors (Lipinski definition) is 0. The first kappa shape index (κ1) is 14.6. The van der Waals surface area contributed by atoms with Crippen LogP contribution < -0.4 is 0 Å². The highest BCUT2D eigenvalue weighted by atomic mass is 16.5. The van der Waals surface area contributed by atoms with Crippen LogP contribution in [0.15, 0.2) is 0 Å². The topological polar surface area (TPSA) is 69.7 Å². The summed E-state index contributed by atoms with van der Waals surface area (Å²) in [5.41, 5.74) is 0. The molecule has 0 aliphatic carbocycles. The number of Topliss-reactive ketones (excluding diaryl/α,β-unsaturated/α-hetero) is 1. The molecule has 0 N–H and O–H groups in total. The number of esters is 2. The summed E-state index contributed by atoms with van der Waals surface area (Å²) in [5, 5.41) is 0. The van der Waals surface area contributed by atoms with Crippen molar-refractivity contribution in [1.29, 1.82) is 0 Å². The Morgan fingerprint density at radius 2 is 1.56 bits per heavy atom. The van der Waals surface area contributed by atoms with Crippen LogP contribution in [0, 0.1) is 5.92 Å². The van der Waals surface area contributed by atoms with Gasteiger partial charge in [0.1, 0.15) is 5.92 Å². The van der Waals surface area contributed by atoms with Crippen LogP contribution in [0.5, 0.6) is 0 Å². The molecule has 5 heteroatoms. The predicted octanol–water partition coefficient (Wildman–Crippen LogP) is 1.10. The predicted molar refractivity (Wildman–Crippen MR) is 56.7 cm³/mol. The molecule has 0 heterocycles. The Bertz CT molecular complexity index is 259. The minimum atomic E-state index is -1.02. The molecule has 0 unspecified atom stereocenters. The van der Waals surface area contributed by atoms with Crippen LogP contribution in [-0.4, -0.2) is 30.9 Å². The SMILES string of the molecule is CCC[C@H](C(=O)OCC)C(=O)C(=O)OCC. The van der Waals surface area contributed by atoms with Crippen molar-refractivity contribution in [2.75, 3.05) is 13.2 Å². The zero-order valence-electron chi connectivity index (χ0n) is 9.95. The number of ether oxygens (including phenoxy) is 2. The van der Waals surface area contributed by atoms with Crippen molar-refractivity contribution in [3.63, 3.8) is 0 Å². The van der Waals surface area contributed by atoms with Crippen molar-refractivity contribution in [3.8, 4) is 0 Å². The fourth-order valence-electron chi connectivity index (χ4n) is 1.23. The quantitative estimate of drug-likeness (QED) is 0.372. The van der Waals surface area contributed by atoms with Gasteiger partial charge in [-0.25, -0.2) is 4.79 Å². The summed E-state index contributed by atoms with van der Waals surface area (Å²) in [6, 6.07) is 0. The summed E-state index contributed by atoms with van der Waals surface area (Å²) in [5.74, 6) is -3.46. The first-order chi connectivity index (χ1) is 7.58. The van der Waals surface area contributed by atoms with Gasteiger partial charge in [0.05, 0.1) is 13.2 Å². The molecule has 0 amide bonds. The van der Waals surface area contributed by atoms with Crippen LogP contribution in [0.4, 0.5) is 0 Å². The van der Waals surface area contributed by atoms with Gasteiger partial charge in [-0.15, -0.1) is 0 Å². The standard InChI is InChI=1S/C11H18O5/c1-4-7-8(10(13)15-5-2)9(12)11(14)16-6-3/h8H,4-7H2,1-3H3/t8-/m0/s1. The Balaban J connectivity index is 4.57. The molecule has 0 radical (unpaired) electrons. The smallest absolute Gasteiger partial charge is 0.375 e. The molecule has 0 rings (SSSR count). The highest BCUT2D eigenvalue weighted by Gasteiger charge is 2.32. The van der Waals surface area contributed by atoms with Crippen molar-refractivity contribution in [1.82, 2.24) is 0 Å². The normalized spacial score (nSPS) is 11.7. The Hall–Kier alpha value is -1.39. The van der Waals surface area contributed by atoms with Gasteiger partial charge in [0.2, 0.25) is 0 Å². The molecular formula is C11H18O5. The average molecular weight is 230 g/mol. The van der Waals surface area contributed by atoms with E-state index in [4.69, 9.17) is 4.74 Å². The lowest BCUT2D eigenvalue weighted by atomic mass is 9.99. The third kappa shape index (κ3) is 4.42. The first-order valence-electron chi connectivity index (χ1n) is 5.45. The van der Waals surface area contributed by atoms with E-state index in [-0.39, 0.29) is 13.2 Å². The Morgan fingerprint density at radius 1 is 1.00 bits per heavy atom. The van der Waals surface area contributed by atoms with Crippen molar-refractivity contribution in [3.05, 3.63) is 0 Å². The number of rotatable bonds is 7. The summed E-state index contributed by atoms with van der Waals surface area (Å²) in [4.78, 5) is 34.2. The molecule has 0 saturated heterocycles. The molecule has 0 aromatic rings. The number of carbonyl (C=O) groups excluding carboxylic acids is 3. The molecule has 0 fully saturated rings. The Morgan fingerprint density at radius 3 is 2.00 bits per heavy atom. The monoisotopic (exact) mass is 230 g/mol. The van der Waals surface area contributed by atoms with Gasteiger partial charge >= 0.3 is 11.9 Å². The van der Waals surface area contributed by atoms with Gasteiger partial charge in [-0.2, -0.15) is 0 Å². The van der Waals surface area contributed by atoms with Crippen molar-refractivity contribution >= 4 is 17.7 Å². The molecule has 0 aromatic heterocycles. The molecule has 0 aromatic carbocycles. The van der Waals surface area contributed by atoms with Crippen LogP contribution in [0.2, 0.25) is 0 Å². The zero-order valence-corrected chi connectivity index (χ0v) is 9.95. The van der Waals surface area contributed by atoms with E-state index in [1.54, 1.807) is 13.8 Å². The molecule has 0 aliphatic rings. The van der Waals surface area contributed by atoms with Crippen molar-refractivity contribution in [2.45, 2.75) is 33.6 Å². The maximum absolute atomic E-state index is 11.6. The van der Waals surface area contributed by atoms with Crippen LogP contribution in [0.25, 0.3) is 0 Å². The average Bonchev–Trinajstić information content (AvgIpc) is 2.25. The fraction of sp³-hybridized carbons (Fsp3) is 0.727. The van der Waals surface area contributed by atoms with E-state index in [1.807, 2.05) is 6.92 Å². The molecule has 16 heavy (non-hydrogen) atoms. The van der Waals surface area contributed by atoms with Crippen LogP contribution in [-0.2, 0) is 23.9 Å². The summed E-state index contributed by atoms with van der Waals surface area (Å²) < 4.78 is 9.30. The van der Waals surface area contributed by atoms with Gasteiger partial charge in [0.15, 0.2) is 0 Å². The Kier molecular flexibility index (Phi) is 7.16. The van der Waals surface area contributed by atoms with E-state index in [0.717, 1.165) is 0 Å². The summed E-state index contributed by atoms with van der Waals surface area (Å²) >= 11 is 0. The number of hydrogen-bond acceptors (Lipinski definition) is 5. The van der Waals surface area contributed by atoms with E-state index in [2.05, 4.69) is 4.74 Å². The fourth-order valence-corrected chi connectivity index (χ4v) is 1.23. The number of ketones is 1. The Labute approximate surface area is 95.1 Å². The van der Waals surface area contributed by atoms with Gasteiger partial charge in [-0.1, -0.05) is 13.3 Å². The third-order valence-corrected chi connectivity index (χ3v) is 1.94. The van der Waals surface area contributed by atoms with Crippen LogP contribution in [0.3, 0.4) is 0 Å². The highest BCUT2D eigenvalue weighted by Crippen LogP contribution is 2.11. The first-order valence-corrected chi connectivity index (χ1v) is 5.45. The van der Waals surface area contributed by atoms with Crippen molar-refractivity contribution in [2.24, 2.45) is 5.92 Å². The summed E-state index contributed by atoms with van der Waals surface area (Å²) in [7, 11) is 0. The second-order valence-electron chi connectivity index (χ2n) is 3.18. The van der Waals surface area contributed by atoms with Gasteiger partial charge in [0, 0.05) is 0 Å². The zero-order chi connectivity index (χ0) is 12.6. The van der Waals surface area contributed by atoms with Gasteiger partial charge in [-0.05, 0) is 20.3 Å². The van der Waals surface area contributed by atoms with Crippen LogP contribution in [0.1, 0.15) is 33.6 Å². The van der Waals surface area contributed by atoms with Gasteiger partial charge < -0.3 is 9.47 Å². The van der Waals surface area contributed by atoms with Gasteiger partial charge in [-0.3, -0.25) is 9.59 Å². The summed E-state index contributed by atoms with van der Waals surface area (Å²) in [6.07, 6.45) is 0.922. The van der Waals surface area contributed by atoms with Crippen LogP contribution >= 0.6 is 0 Å². The molecule has 0 bridgehead atoms. The molecule has 5 nitrogen and oxygen atoms in total.